The first kappa shape index (κ1) is 9.85. The van der Waals surface area contributed by atoms with Crippen molar-refractivity contribution in [1.29, 1.82) is 0 Å². The topological polar surface area (TPSA) is 0 Å². The van der Waals surface area contributed by atoms with Gasteiger partial charge in [0.1, 0.15) is 0 Å². The van der Waals surface area contributed by atoms with Crippen LogP contribution in [0.5, 0.6) is 0 Å². The molecule has 0 bridgehead atoms. The van der Waals surface area contributed by atoms with Crippen molar-refractivity contribution in [3.63, 3.8) is 0 Å². The van der Waals surface area contributed by atoms with Crippen molar-refractivity contribution in [2.75, 3.05) is 0 Å². The van der Waals surface area contributed by atoms with Gasteiger partial charge in [0, 0.05) is 0 Å². The normalized spacial score (nSPS) is 28.9. The summed E-state index contributed by atoms with van der Waals surface area (Å²) in [6.07, 6.45) is 1.54. The molecule has 5 rings (SSSR count). The number of hydrogen-bond acceptors (Lipinski definition) is 0. The van der Waals surface area contributed by atoms with E-state index in [2.05, 4.69) is 48.5 Å². The molecular weight excluding hydrogens is 277 g/mol. The predicted octanol–water partition coefficient (Wildman–Crippen LogP) is 2.88. The minimum atomic E-state index is -1.92. The van der Waals surface area contributed by atoms with E-state index in [9.17, 15) is 0 Å². The molecule has 1 aliphatic carbocycles. The first-order valence-corrected chi connectivity index (χ1v) is 12.1. The summed E-state index contributed by atoms with van der Waals surface area (Å²) in [4.78, 5) is 0. The second-order valence-electron chi connectivity index (χ2n) is 6.34. The van der Waals surface area contributed by atoms with Crippen LogP contribution >= 0.6 is 0 Å². The van der Waals surface area contributed by atoms with E-state index in [0.717, 1.165) is 11.8 Å². The van der Waals surface area contributed by atoms with Crippen LogP contribution in [-0.4, -0.2) is 13.3 Å². The molecule has 0 aromatic heterocycles. The van der Waals surface area contributed by atoms with Gasteiger partial charge in [0.25, 0.3) is 0 Å². The van der Waals surface area contributed by atoms with Crippen molar-refractivity contribution < 1.29 is 0 Å². The fourth-order valence-electron chi connectivity index (χ4n) is 4.64. The van der Waals surface area contributed by atoms with Gasteiger partial charge in [-0.25, -0.2) is 0 Å². The Morgan fingerprint density at radius 2 is 1.22 bits per heavy atom. The van der Waals surface area contributed by atoms with Crippen LogP contribution in [0.4, 0.5) is 0 Å². The Morgan fingerprint density at radius 3 is 1.78 bits per heavy atom. The molecule has 0 N–H and O–H groups in total. The van der Waals surface area contributed by atoms with Crippen LogP contribution in [0.15, 0.2) is 48.5 Å². The first-order valence-electron chi connectivity index (χ1n) is 7.08. The Balaban J connectivity index is 1.85. The summed E-state index contributed by atoms with van der Waals surface area (Å²) in [5.41, 5.74) is 3.16. The van der Waals surface area contributed by atoms with Crippen LogP contribution < -0.4 is 8.79 Å². The molecule has 0 amide bonds. The van der Waals surface area contributed by atoms with Gasteiger partial charge in [-0.3, -0.25) is 0 Å². The van der Waals surface area contributed by atoms with Gasteiger partial charge in [0.2, 0.25) is 0 Å². The maximum atomic E-state index is 2.46. The molecule has 1 heteroatoms. The molecule has 1 spiro atoms. The van der Waals surface area contributed by atoms with Crippen molar-refractivity contribution in [3.8, 4) is 11.1 Å². The van der Waals surface area contributed by atoms with Crippen LogP contribution in [0.25, 0.3) is 11.1 Å². The molecule has 2 heterocycles. The molecular formula is C17H16Ge. The van der Waals surface area contributed by atoms with Crippen LogP contribution in [0, 0.1) is 11.8 Å². The van der Waals surface area contributed by atoms with E-state index >= 15 is 0 Å². The van der Waals surface area contributed by atoms with Gasteiger partial charge in [0.05, 0.1) is 0 Å². The zero-order chi connectivity index (χ0) is 11.7. The summed E-state index contributed by atoms with van der Waals surface area (Å²) in [5.74, 6) is 2.20. The Hall–Kier alpha value is -1.02. The Morgan fingerprint density at radius 1 is 0.722 bits per heavy atom. The van der Waals surface area contributed by atoms with Crippen molar-refractivity contribution in [2.24, 2.45) is 11.8 Å². The minimum absolute atomic E-state index is 1.10. The third-order valence-corrected chi connectivity index (χ3v) is 16.7. The van der Waals surface area contributed by atoms with Crippen molar-refractivity contribution in [2.45, 2.75) is 16.9 Å². The molecule has 1 saturated carbocycles. The SMILES string of the molecule is c1cc[c]2c(c1)-c1cccc[c]1[Ge]21[CH2][C@H]2C[C@H]2[CH2]1. The fraction of sp³-hybridized carbons (Fsp3) is 0.294. The van der Waals surface area contributed by atoms with Crippen LogP contribution in [0.3, 0.4) is 0 Å². The molecule has 2 atom stereocenters. The molecule has 0 unspecified atom stereocenters. The molecule has 18 heavy (non-hydrogen) atoms. The van der Waals surface area contributed by atoms with Crippen LogP contribution in [-0.2, 0) is 0 Å². The Bertz CT molecular complexity index is 601. The molecule has 0 radical (unpaired) electrons. The van der Waals surface area contributed by atoms with E-state index in [0.29, 0.717) is 0 Å². The average Bonchev–Trinajstić information content (AvgIpc) is 2.96. The van der Waals surface area contributed by atoms with Gasteiger partial charge in [-0.05, 0) is 0 Å². The molecule has 3 aliphatic rings. The number of hydrogen-bond donors (Lipinski definition) is 0. The summed E-state index contributed by atoms with van der Waals surface area (Å²) in [6.45, 7) is 0. The molecule has 2 aliphatic heterocycles. The zero-order valence-corrected chi connectivity index (χ0v) is 12.5. The van der Waals surface area contributed by atoms with Gasteiger partial charge in [-0.15, -0.1) is 0 Å². The Labute approximate surface area is 110 Å². The summed E-state index contributed by atoms with van der Waals surface area (Å²) >= 11 is -1.92. The number of benzene rings is 2. The number of rotatable bonds is 0. The van der Waals surface area contributed by atoms with Crippen molar-refractivity contribution >= 4 is 22.1 Å². The average molecular weight is 293 g/mol. The van der Waals surface area contributed by atoms with E-state index in [4.69, 9.17) is 0 Å². The first-order chi connectivity index (χ1) is 8.88. The van der Waals surface area contributed by atoms with E-state index in [1.54, 1.807) is 30.4 Å². The summed E-state index contributed by atoms with van der Waals surface area (Å²) < 4.78 is 3.59. The monoisotopic (exact) mass is 294 g/mol. The van der Waals surface area contributed by atoms with E-state index in [1.807, 2.05) is 0 Å². The third-order valence-electron chi connectivity index (χ3n) is 5.47. The molecule has 2 fully saturated rings. The van der Waals surface area contributed by atoms with Crippen molar-refractivity contribution in [3.05, 3.63) is 48.5 Å². The number of fused-ring (bicyclic) bond motifs is 6. The zero-order valence-electron chi connectivity index (χ0n) is 10.4. The van der Waals surface area contributed by atoms with Gasteiger partial charge >= 0.3 is 110 Å². The summed E-state index contributed by atoms with van der Waals surface area (Å²) in [7, 11) is 0. The van der Waals surface area contributed by atoms with Gasteiger partial charge in [-0.2, -0.15) is 0 Å². The maximum absolute atomic E-state index is 2.46. The predicted molar refractivity (Wildman–Crippen MR) is 78.1 cm³/mol. The van der Waals surface area contributed by atoms with Gasteiger partial charge < -0.3 is 0 Å². The summed E-state index contributed by atoms with van der Waals surface area (Å²) in [6, 6.07) is 18.6. The van der Waals surface area contributed by atoms with Crippen LogP contribution in [0.1, 0.15) is 6.42 Å². The molecule has 1 saturated heterocycles. The second-order valence-corrected chi connectivity index (χ2v) is 14.9. The fourth-order valence-corrected chi connectivity index (χ4v) is 18.1. The Kier molecular flexibility index (Phi) is 1.70. The van der Waals surface area contributed by atoms with E-state index in [1.165, 1.54) is 6.42 Å². The van der Waals surface area contributed by atoms with Gasteiger partial charge in [0.15, 0.2) is 0 Å². The molecule has 88 valence electrons. The molecule has 2 aromatic rings. The summed E-state index contributed by atoms with van der Waals surface area (Å²) in [5, 5.41) is 3.16. The quantitative estimate of drug-likeness (QED) is 0.655. The van der Waals surface area contributed by atoms with Crippen LogP contribution in [0.2, 0.25) is 10.5 Å². The van der Waals surface area contributed by atoms with E-state index < -0.39 is 13.3 Å². The van der Waals surface area contributed by atoms with Crippen molar-refractivity contribution in [1.82, 2.24) is 0 Å². The molecule has 0 nitrogen and oxygen atoms in total. The third kappa shape index (κ3) is 1.04. The second kappa shape index (κ2) is 3.11. The standard InChI is InChI=1S/C17H16Ge/c1-3-7-16-14(5-1)15-6-2-4-8-17(15)18(16)10-12-9-13(12)11-18/h1-8,12-13H,9-11H2/t12-,13+. The van der Waals surface area contributed by atoms with E-state index in [-0.39, 0.29) is 0 Å². The van der Waals surface area contributed by atoms with Gasteiger partial charge in [-0.1, -0.05) is 0 Å². The molecule has 2 aromatic carbocycles.